The van der Waals surface area contributed by atoms with E-state index in [1.807, 2.05) is 0 Å². The number of alkyl halides is 1. The summed E-state index contributed by atoms with van der Waals surface area (Å²) in [6, 6.07) is 10.7. The van der Waals surface area contributed by atoms with Gasteiger partial charge in [0.15, 0.2) is 0 Å². The topological polar surface area (TPSA) is 17.1 Å². The second-order valence-corrected chi connectivity index (χ2v) is 9.06. The Balaban J connectivity index is 1.82. The molecule has 0 aromatic heterocycles. The van der Waals surface area contributed by atoms with Gasteiger partial charge in [0, 0.05) is 0 Å². The standard InChI is InChI=1S/C16H21BrOSe/c17-14(12-19-15-7-3-1-4-8-15)11-16(13-18)9-5-2-6-10-16/h1,3-4,7-8,13-14H,2,5-6,9-12H2. The first kappa shape index (κ1) is 15.3. The Hall–Kier alpha value is -0.111. The van der Waals surface area contributed by atoms with Crippen molar-refractivity contribution in [2.45, 2.75) is 48.7 Å². The fourth-order valence-electron chi connectivity index (χ4n) is 2.83. The van der Waals surface area contributed by atoms with Crippen LogP contribution in [0.4, 0.5) is 0 Å². The summed E-state index contributed by atoms with van der Waals surface area (Å²) in [5.41, 5.74) is -0.0286. The molecular formula is C16H21BrOSe. The molecule has 2 rings (SSSR count). The van der Waals surface area contributed by atoms with Gasteiger partial charge >= 0.3 is 131 Å². The van der Waals surface area contributed by atoms with Crippen molar-refractivity contribution in [1.29, 1.82) is 0 Å². The fraction of sp³-hybridized carbons (Fsp3) is 0.562. The van der Waals surface area contributed by atoms with E-state index in [4.69, 9.17) is 0 Å². The number of aldehydes is 1. The van der Waals surface area contributed by atoms with E-state index < -0.39 is 0 Å². The van der Waals surface area contributed by atoms with Gasteiger partial charge < -0.3 is 0 Å². The number of halogens is 1. The van der Waals surface area contributed by atoms with E-state index in [2.05, 4.69) is 46.3 Å². The van der Waals surface area contributed by atoms with E-state index in [9.17, 15) is 4.79 Å². The molecule has 3 heteroatoms. The van der Waals surface area contributed by atoms with E-state index in [0.29, 0.717) is 19.8 Å². The molecule has 0 N–H and O–H groups in total. The third kappa shape index (κ3) is 4.73. The third-order valence-corrected chi connectivity index (χ3v) is 7.98. The Bertz CT molecular complexity index is 387. The molecule has 1 unspecified atom stereocenters. The van der Waals surface area contributed by atoms with Crippen molar-refractivity contribution in [1.82, 2.24) is 0 Å². The van der Waals surface area contributed by atoms with E-state index in [1.54, 1.807) is 0 Å². The predicted molar refractivity (Wildman–Crippen MR) is 85.6 cm³/mol. The number of rotatable bonds is 6. The molecule has 0 amide bonds. The van der Waals surface area contributed by atoms with Crippen LogP contribution in [-0.2, 0) is 4.79 Å². The molecule has 0 saturated heterocycles. The number of benzene rings is 1. The average molecular weight is 388 g/mol. The first-order valence-electron chi connectivity index (χ1n) is 7.02. The zero-order chi connectivity index (χ0) is 13.6. The van der Waals surface area contributed by atoms with Crippen molar-refractivity contribution in [3.8, 4) is 0 Å². The summed E-state index contributed by atoms with van der Waals surface area (Å²) in [7, 11) is 0. The number of carbonyl (C=O) groups is 1. The normalized spacial score (nSPS) is 19.8. The van der Waals surface area contributed by atoms with Gasteiger partial charge in [-0.2, -0.15) is 0 Å². The van der Waals surface area contributed by atoms with Crippen molar-refractivity contribution in [2.75, 3.05) is 0 Å². The molecule has 1 aliphatic rings. The minimum atomic E-state index is -0.0286. The van der Waals surface area contributed by atoms with Crippen molar-refractivity contribution in [2.24, 2.45) is 5.41 Å². The Kier molecular flexibility index (Phi) is 6.12. The van der Waals surface area contributed by atoms with Crippen LogP contribution in [0.2, 0.25) is 5.32 Å². The third-order valence-electron chi connectivity index (χ3n) is 3.90. The maximum absolute atomic E-state index is 11.5. The van der Waals surface area contributed by atoms with Gasteiger partial charge in [-0.1, -0.05) is 0 Å². The zero-order valence-electron chi connectivity index (χ0n) is 11.2. The van der Waals surface area contributed by atoms with Crippen LogP contribution >= 0.6 is 15.9 Å². The number of hydrogen-bond acceptors (Lipinski definition) is 1. The summed E-state index contributed by atoms with van der Waals surface area (Å²) >= 11 is 4.31. The molecule has 1 saturated carbocycles. The molecule has 0 bridgehead atoms. The quantitative estimate of drug-likeness (QED) is 0.412. The summed E-state index contributed by atoms with van der Waals surface area (Å²) in [6.45, 7) is 0. The van der Waals surface area contributed by atoms with Crippen LogP contribution in [0.1, 0.15) is 38.5 Å². The second kappa shape index (κ2) is 7.61. The van der Waals surface area contributed by atoms with Crippen LogP contribution in [0.3, 0.4) is 0 Å². The van der Waals surface area contributed by atoms with Crippen LogP contribution in [0.25, 0.3) is 0 Å². The molecule has 0 aliphatic heterocycles. The van der Waals surface area contributed by atoms with E-state index in [-0.39, 0.29) is 5.41 Å². The molecule has 1 aromatic carbocycles. The molecule has 104 valence electrons. The van der Waals surface area contributed by atoms with Crippen LogP contribution < -0.4 is 4.46 Å². The molecule has 0 radical (unpaired) electrons. The van der Waals surface area contributed by atoms with Gasteiger partial charge in [0.05, 0.1) is 0 Å². The Morgan fingerprint density at radius 2 is 1.89 bits per heavy atom. The molecular weight excluding hydrogens is 367 g/mol. The van der Waals surface area contributed by atoms with Crippen molar-refractivity contribution < 1.29 is 4.79 Å². The van der Waals surface area contributed by atoms with Gasteiger partial charge in [-0.05, 0) is 0 Å². The van der Waals surface area contributed by atoms with Crippen molar-refractivity contribution in [3.63, 3.8) is 0 Å². The number of carbonyl (C=O) groups excluding carboxylic acids is 1. The van der Waals surface area contributed by atoms with Gasteiger partial charge in [0.25, 0.3) is 0 Å². The molecule has 1 fully saturated rings. The van der Waals surface area contributed by atoms with Crippen LogP contribution in [-0.4, -0.2) is 26.1 Å². The average Bonchev–Trinajstić information content (AvgIpc) is 2.47. The molecule has 19 heavy (non-hydrogen) atoms. The van der Waals surface area contributed by atoms with Crippen LogP contribution in [0, 0.1) is 5.41 Å². The summed E-state index contributed by atoms with van der Waals surface area (Å²) in [6.07, 6.45) is 8.20. The van der Waals surface area contributed by atoms with Crippen molar-refractivity contribution in [3.05, 3.63) is 30.3 Å². The van der Waals surface area contributed by atoms with Gasteiger partial charge in [-0.3, -0.25) is 0 Å². The first-order valence-corrected chi connectivity index (χ1v) is 10.0. The zero-order valence-corrected chi connectivity index (χ0v) is 14.5. The van der Waals surface area contributed by atoms with Crippen molar-refractivity contribution >= 4 is 41.6 Å². The SMILES string of the molecule is O=CC1(CC(Br)C[Se]c2ccccc2)CCCCC1. The summed E-state index contributed by atoms with van der Waals surface area (Å²) in [5, 5.41) is 1.17. The minimum absolute atomic E-state index is 0.0286. The van der Waals surface area contributed by atoms with Crippen LogP contribution in [0.15, 0.2) is 30.3 Å². The fourth-order valence-corrected chi connectivity index (χ4v) is 5.92. The Morgan fingerprint density at radius 3 is 2.53 bits per heavy atom. The predicted octanol–water partition coefficient (Wildman–Crippen LogP) is 3.74. The van der Waals surface area contributed by atoms with Gasteiger partial charge in [-0.15, -0.1) is 0 Å². The number of hydrogen-bond donors (Lipinski definition) is 0. The second-order valence-electron chi connectivity index (χ2n) is 5.47. The molecule has 0 heterocycles. The molecule has 1 atom stereocenters. The van der Waals surface area contributed by atoms with E-state index in [1.165, 1.54) is 35.3 Å². The van der Waals surface area contributed by atoms with Gasteiger partial charge in [0.2, 0.25) is 0 Å². The summed E-state index contributed by atoms with van der Waals surface area (Å²) < 4.78 is 1.45. The van der Waals surface area contributed by atoms with Gasteiger partial charge in [-0.25, -0.2) is 0 Å². The first-order chi connectivity index (χ1) is 9.24. The maximum atomic E-state index is 11.5. The van der Waals surface area contributed by atoms with E-state index in [0.717, 1.165) is 19.3 Å². The van der Waals surface area contributed by atoms with Crippen LogP contribution in [0.5, 0.6) is 0 Å². The van der Waals surface area contributed by atoms with Gasteiger partial charge in [0.1, 0.15) is 0 Å². The Labute approximate surface area is 130 Å². The van der Waals surface area contributed by atoms with E-state index >= 15 is 0 Å². The molecule has 1 nitrogen and oxygen atoms in total. The molecule has 1 aromatic rings. The summed E-state index contributed by atoms with van der Waals surface area (Å²) in [5.74, 6) is 0. The summed E-state index contributed by atoms with van der Waals surface area (Å²) in [4.78, 5) is 12.0. The molecule has 1 aliphatic carbocycles. The Morgan fingerprint density at radius 1 is 1.21 bits per heavy atom. The monoisotopic (exact) mass is 388 g/mol. The molecule has 0 spiro atoms.